The zero-order chi connectivity index (χ0) is 25.7. The van der Waals surface area contributed by atoms with Crippen LogP contribution in [0.1, 0.15) is 20.1 Å². The van der Waals surface area contributed by atoms with Gasteiger partial charge in [0.2, 0.25) is 18.0 Å². The highest BCUT2D eigenvalue weighted by atomic mass is 16.8. The minimum atomic E-state index is -1.68. The predicted octanol–water partition coefficient (Wildman–Crippen LogP) is -2.88. The van der Waals surface area contributed by atoms with Crippen molar-refractivity contribution >= 4 is 11.9 Å². The first kappa shape index (κ1) is 25.0. The number of ether oxygens (including phenoxy) is 5. The van der Waals surface area contributed by atoms with Crippen molar-refractivity contribution in [3.8, 4) is 0 Å². The van der Waals surface area contributed by atoms with Crippen LogP contribution in [0, 0.1) is 5.92 Å². The summed E-state index contributed by atoms with van der Waals surface area (Å²) in [7, 11) is 0. The monoisotopic (exact) mass is 499 g/mol. The normalized spacial score (nSPS) is 34.5. The van der Waals surface area contributed by atoms with Crippen molar-refractivity contribution in [2.45, 2.75) is 62.7 Å². The van der Waals surface area contributed by atoms with Crippen molar-refractivity contribution in [2.75, 3.05) is 6.61 Å². The van der Waals surface area contributed by atoms with Crippen LogP contribution in [-0.2, 0) is 33.3 Å². The topological polar surface area (TPSA) is 222 Å². The Hall–Kier alpha value is -3.08. The van der Waals surface area contributed by atoms with E-state index in [1.807, 2.05) is 4.98 Å². The van der Waals surface area contributed by atoms with Crippen molar-refractivity contribution in [3.63, 3.8) is 0 Å². The van der Waals surface area contributed by atoms with Crippen molar-refractivity contribution in [1.82, 2.24) is 9.55 Å². The highest BCUT2D eigenvalue weighted by molar-refractivity contribution is 5.84. The number of H-pyrrole nitrogens is 1. The van der Waals surface area contributed by atoms with Gasteiger partial charge in [-0.15, -0.1) is 0 Å². The summed E-state index contributed by atoms with van der Waals surface area (Å²) in [6, 6.07) is 1.02. The second-order valence-electron chi connectivity index (χ2n) is 8.69. The number of hydrogen-bond acceptors (Lipinski definition) is 11. The molecule has 1 aromatic rings. The number of aromatic nitrogens is 2. The Morgan fingerprint density at radius 1 is 1.31 bits per heavy atom. The van der Waals surface area contributed by atoms with Gasteiger partial charge in [-0.2, -0.15) is 0 Å². The van der Waals surface area contributed by atoms with Gasteiger partial charge >= 0.3 is 11.7 Å². The zero-order valence-electron chi connectivity index (χ0n) is 18.6. The molecule has 4 rings (SSSR count). The van der Waals surface area contributed by atoms with E-state index in [0.29, 0.717) is 0 Å². The summed E-state index contributed by atoms with van der Waals surface area (Å²) in [6.45, 7) is 2.48. The number of rotatable bonds is 7. The number of nitrogens with two attached hydrogens (primary N) is 1. The summed E-state index contributed by atoms with van der Waals surface area (Å²) in [5.74, 6) is -5.30. The third kappa shape index (κ3) is 4.73. The molecule has 4 heterocycles. The summed E-state index contributed by atoms with van der Waals surface area (Å²) in [5.41, 5.74) is 3.95. The van der Waals surface area contributed by atoms with Gasteiger partial charge in [0.05, 0.1) is 6.61 Å². The Morgan fingerprint density at radius 2 is 2.03 bits per heavy atom. The molecule has 0 aliphatic carbocycles. The van der Waals surface area contributed by atoms with Gasteiger partial charge in [0.1, 0.15) is 18.3 Å². The lowest BCUT2D eigenvalue weighted by Gasteiger charge is -2.34. The number of aliphatic carboxylic acids is 1. The van der Waals surface area contributed by atoms with Crippen LogP contribution < -0.4 is 17.0 Å². The number of fused-ring (bicyclic) bond motifs is 1. The molecule has 0 unspecified atom stereocenters. The number of primary amides is 1. The Bertz CT molecular complexity index is 1140. The highest BCUT2D eigenvalue weighted by Crippen LogP contribution is 2.39. The van der Waals surface area contributed by atoms with E-state index in [0.717, 1.165) is 16.8 Å². The molecule has 15 heteroatoms. The largest absolute Gasteiger partial charge is 0.475 e. The predicted molar refractivity (Wildman–Crippen MR) is 110 cm³/mol. The molecule has 3 aliphatic heterocycles. The molecular weight excluding hydrogens is 474 g/mol. The molecule has 0 radical (unpaired) electrons. The molecule has 0 saturated carbocycles. The zero-order valence-corrected chi connectivity index (χ0v) is 18.6. The van der Waals surface area contributed by atoms with E-state index in [1.54, 1.807) is 13.8 Å². The van der Waals surface area contributed by atoms with E-state index in [9.17, 15) is 34.5 Å². The highest BCUT2D eigenvalue weighted by Gasteiger charge is 2.54. The molecule has 0 bridgehead atoms. The third-order valence-electron chi connectivity index (χ3n) is 5.85. The maximum absolute atomic E-state index is 12.4. The van der Waals surface area contributed by atoms with Crippen LogP contribution in [0.15, 0.2) is 33.7 Å². The number of aromatic amines is 1. The number of carbonyl (C=O) groups excluding carboxylic acids is 1. The van der Waals surface area contributed by atoms with Crippen LogP contribution in [0.25, 0.3) is 0 Å². The van der Waals surface area contributed by atoms with E-state index in [1.165, 1.54) is 6.08 Å². The molecule has 2 saturated heterocycles. The summed E-state index contributed by atoms with van der Waals surface area (Å²) in [4.78, 5) is 49.5. The first-order valence-electron chi connectivity index (χ1n) is 10.6. The van der Waals surface area contributed by atoms with E-state index in [-0.39, 0.29) is 0 Å². The van der Waals surface area contributed by atoms with Crippen LogP contribution >= 0.6 is 0 Å². The quantitative estimate of drug-likeness (QED) is 0.255. The molecule has 0 aromatic carbocycles. The minimum Gasteiger partial charge on any atom is -0.475 e. The van der Waals surface area contributed by atoms with Crippen LogP contribution in [0.2, 0.25) is 0 Å². The number of hydrogen-bond donors (Lipinski definition) is 5. The second-order valence-corrected chi connectivity index (χ2v) is 8.69. The first-order chi connectivity index (χ1) is 16.4. The average molecular weight is 499 g/mol. The molecule has 6 N–H and O–H groups in total. The molecule has 192 valence electrons. The molecule has 3 aliphatic rings. The molecule has 2 fully saturated rings. The number of aliphatic hydroxyl groups excluding tert-OH is 2. The lowest BCUT2D eigenvalue weighted by molar-refractivity contribution is -0.240. The molecule has 8 atom stereocenters. The minimum absolute atomic E-state index is 0.510. The van der Waals surface area contributed by atoms with Gasteiger partial charge in [0, 0.05) is 18.2 Å². The van der Waals surface area contributed by atoms with Gasteiger partial charge in [-0.1, -0.05) is 0 Å². The molecule has 35 heavy (non-hydrogen) atoms. The second kappa shape index (κ2) is 9.18. The molecule has 0 spiro atoms. The first-order valence-corrected chi connectivity index (χ1v) is 10.6. The van der Waals surface area contributed by atoms with Crippen molar-refractivity contribution in [3.05, 3.63) is 44.9 Å². The van der Waals surface area contributed by atoms with Crippen molar-refractivity contribution in [1.29, 1.82) is 0 Å². The van der Waals surface area contributed by atoms with Gasteiger partial charge in [-0.3, -0.25) is 19.1 Å². The molecule has 1 amide bonds. The van der Waals surface area contributed by atoms with E-state index in [4.69, 9.17) is 29.4 Å². The van der Waals surface area contributed by atoms with E-state index < -0.39 is 90.2 Å². The third-order valence-corrected chi connectivity index (χ3v) is 5.85. The summed E-state index contributed by atoms with van der Waals surface area (Å²) >= 11 is 0. The maximum Gasteiger partial charge on any atom is 0.371 e. The van der Waals surface area contributed by atoms with Crippen LogP contribution in [0.4, 0.5) is 0 Å². The lowest BCUT2D eigenvalue weighted by atomic mass is 9.94. The van der Waals surface area contributed by atoms with Gasteiger partial charge in [-0.05, 0) is 19.9 Å². The number of aliphatic hydroxyl groups is 2. The van der Waals surface area contributed by atoms with Gasteiger partial charge in [0.25, 0.3) is 5.56 Å². The standard InChI is InChI=1S/C20H25N3O12/c1-20(2)34-8-5-9(17(28)29)31-18(13(8)35-20)33-14(15(21)27)12-7(6-24)11(26)16(32-12)23-4-3-10(25)22-19(23)30/h3-5,7-8,11-14,16,18,24,26H,6H2,1-2H3,(H2,21,27)(H,28,29)(H,22,25,30)/t7-,8-,11+,12-,13-,14+,16+,18+/m0/s1. The smallest absolute Gasteiger partial charge is 0.371 e. The molecule has 15 nitrogen and oxygen atoms in total. The van der Waals surface area contributed by atoms with Gasteiger partial charge in [-0.25, -0.2) is 9.59 Å². The number of carboxylic acids is 1. The van der Waals surface area contributed by atoms with E-state index in [2.05, 4.69) is 0 Å². The summed E-state index contributed by atoms with van der Waals surface area (Å²) in [5, 5.41) is 30.0. The van der Waals surface area contributed by atoms with Crippen LogP contribution in [0.3, 0.4) is 0 Å². The fourth-order valence-electron chi connectivity index (χ4n) is 4.33. The number of nitrogens with one attached hydrogen (secondary N) is 1. The van der Waals surface area contributed by atoms with Crippen LogP contribution in [0.5, 0.6) is 0 Å². The van der Waals surface area contributed by atoms with Crippen molar-refractivity contribution in [2.24, 2.45) is 11.7 Å². The number of carbonyl (C=O) groups is 2. The average Bonchev–Trinajstić information content (AvgIpc) is 3.26. The lowest BCUT2D eigenvalue weighted by Crippen LogP contribution is -2.52. The maximum atomic E-state index is 12.4. The van der Waals surface area contributed by atoms with Gasteiger partial charge < -0.3 is 44.7 Å². The van der Waals surface area contributed by atoms with Crippen molar-refractivity contribution < 1.29 is 48.6 Å². The molecule has 1 aromatic heterocycles. The Labute approximate surface area is 196 Å². The Morgan fingerprint density at radius 3 is 2.63 bits per heavy atom. The van der Waals surface area contributed by atoms with Gasteiger partial charge in [0.15, 0.2) is 24.2 Å². The Kier molecular flexibility index (Phi) is 6.56. The van der Waals surface area contributed by atoms with Crippen LogP contribution in [-0.4, -0.2) is 86.0 Å². The molecular formula is C20H25N3O12. The summed E-state index contributed by atoms with van der Waals surface area (Å²) in [6.07, 6.45) is -7.10. The fourth-order valence-corrected chi connectivity index (χ4v) is 4.33. The summed E-state index contributed by atoms with van der Waals surface area (Å²) < 4.78 is 29.1. The number of nitrogens with zero attached hydrogens (tertiary/aromatic N) is 1. The number of carboxylic acid groups (broad SMARTS) is 1. The number of amides is 1. The SMILES string of the molecule is CC1(C)O[C@@H]2[C@@H](O[C@@H](C(N)=O)[C@H]3O[C@@H](n4ccc(=O)[nH]c4=O)[C@H](O)[C@@H]3CO)OC(C(=O)O)=C[C@@H]2O1. The van der Waals surface area contributed by atoms with E-state index >= 15 is 0 Å². The fraction of sp³-hybridized carbons (Fsp3) is 0.600. The Balaban J connectivity index is 1.63.